The van der Waals surface area contributed by atoms with E-state index >= 15 is 0 Å². The molecule has 0 bridgehead atoms. The Bertz CT molecular complexity index is 884. The molecule has 0 aromatic heterocycles. The van der Waals surface area contributed by atoms with Gasteiger partial charge in [-0.15, -0.1) is 0 Å². The standard InChI is InChI=1S/C45H78O5/c1-3-5-7-9-11-13-15-17-19-21-22-24-25-27-29-31-33-35-37-39-44(47)49-42-43(41-46)50-45(48)40-38-36-34-32-30-28-26-23-20-18-16-14-12-10-8-6-4-2/h5,7,11,13,17,19,22,24,27,29,43,46H,3-4,6,8-10,12,14-16,18,20-21,23,25-26,28,30-42H2,1-2H3/b7-5+,13-11+,19-17+,24-22+,29-27+/t43-/m0/s1. The van der Waals surface area contributed by atoms with E-state index in [9.17, 15) is 14.7 Å². The first-order valence-electron chi connectivity index (χ1n) is 20.8. The summed E-state index contributed by atoms with van der Waals surface area (Å²) < 4.78 is 10.6. The highest BCUT2D eigenvalue weighted by Crippen LogP contribution is 2.15. The number of hydrogen-bond acceptors (Lipinski definition) is 5. The highest BCUT2D eigenvalue weighted by Gasteiger charge is 2.16. The first-order valence-corrected chi connectivity index (χ1v) is 20.8. The molecule has 0 unspecified atom stereocenters. The molecule has 0 aromatic carbocycles. The molecule has 0 heterocycles. The van der Waals surface area contributed by atoms with Crippen LogP contribution in [-0.4, -0.2) is 36.4 Å². The number of allylic oxidation sites excluding steroid dienone is 10. The molecule has 0 saturated heterocycles. The fourth-order valence-electron chi connectivity index (χ4n) is 5.70. The summed E-state index contributed by atoms with van der Waals surface area (Å²) in [6.07, 6.45) is 52.8. The second kappa shape index (κ2) is 41.0. The molecule has 5 nitrogen and oxygen atoms in total. The van der Waals surface area contributed by atoms with Crippen LogP contribution in [-0.2, 0) is 19.1 Å². The van der Waals surface area contributed by atoms with Gasteiger partial charge >= 0.3 is 11.9 Å². The number of unbranched alkanes of at least 4 members (excludes halogenated alkanes) is 19. The average Bonchev–Trinajstić information content (AvgIpc) is 3.12. The molecule has 0 aromatic rings. The molecule has 0 radical (unpaired) electrons. The number of carbonyl (C=O) groups is 2. The van der Waals surface area contributed by atoms with Crippen molar-refractivity contribution in [2.45, 2.75) is 200 Å². The van der Waals surface area contributed by atoms with Crippen LogP contribution in [0.2, 0.25) is 0 Å². The molecule has 0 rings (SSSR count). The van der Waals surface area contributed by atoms with Crippen molar-refractivity contribution in [2.24, 2.45) is 0 Å². The molecule has 5 heteroatoms. The van der Waals surface area contributed by atoms with Crippen molar-refractivity contribution in [1.82, 2.24) is 0 Å². The van der Waals surface area contributed by atoms with Crippen LogP contribution in [0.1, 0.15) is 194 Å². The summed E-state index contributed by atoms with van der Waals surface area (Å²) in [6.45, 7) is 4.00. The van der Waals surface area contributed by atoms with Crippen LogP contribution in [0.15, 0.2) is 60.8 Å². The van der Waals surface area contributed by atoms with Crippen molar-refractivity contribution >= 4 is 11.9 Å². The van der Waals surface area contributed by atoms with Gasteiger partial charge in [0.2, 0.25) is 0 Å². The Balaban J connectivity index is 3.61. The number of ether oxygens (including phenoxy) is 2. The van der Waals surface area contributed by atoms with E-state index in [4.69, 9.17) is 9.47 Å². The molecule has 0 fully saturated rings. The van der Waals surface area contributed by atoms with Gasteiger partial charge in [0.1, 0.15) is 6.61 Å². The lowest BCUT2D eigenvalue weighted by Gasteiger charge is -2.15. The third-order valence-electron chi connectivity index (χ3n) is 8.83. The first-order chi connectivity index (χ1) is 24.6. The lowest BCUT2D eigenvalue weighted by atomic mass is 10.0. The topological polar surface area (TPSA) is 72.8 Å². The van der Waals surface area contributed by atoms with E-state index in [1.165, 1.54) is 89.9 Å². The maximum Gasteiger partial charge on any atom is 0.306 e. The van der Waals surface area contributed by atoms with Crippen LogP contribution in [0.4, 0.5) is 0 Å². The van der Waals surface area contributed by atoms with Gasteiger partial charge in [-0.3, -0.25) is 9.59 Å². The van der Waals surface area contributed by atoms with E-state index in [2.05, 4.69) is 74.6 Å². The number of carbonyl (C=O) groups excluding carboxylic acids is 2. The van der Waals surface area contributed by atoms with Crippen LogP contribution < -0.4 is 0 Å². The third-order valence-corrected chi connectivity index (χ3v) is 8.83. The predicted molar refractivity (Wildman–Crippen MR) is 214 cm³/mol. The monoisotopic (exact) mass is 699 g/mol. The normalized spacial score (nSPS) is 12.8. The van der Waals surface area contributed by atoms with Gasteiger partial charge in [-0.05, 0) is 57.8 Å². The summed E-state index contributed by atoms with van der Waals surface area (Å²) in [5.41, 5.74) is 0. The third kappa shape index (κ3) is 38.4. The average molecular weight is 699 g/mol. The summed E-state index contributed by atoms with van der Waals surface area (Å²) in [5.74, 6) is -0.626. The highest BCUT2D eigenvalue weighted by atomic mass is 16.6. The van der Waals surface area contributed by atoms with Gasteiger partial charge in [0.15, 0.2) is 6.10 Å². The molecule has 1 atom stereocenters. The SMILES string of the molecule is CC/C=C/C/C=C/C/C=C/C/C=C/C/C=C/CCCCCC(=O)OC[C@H](CO)OC(=O)CCCCCCCCCCCCCCCCCCC. The van der Waals surface area contributed by atoms with Crippen LogP contribution in [0.25, 0.3) is 0 Å². The van der Waals surface area contributed by atoms with Crippen molar-refractivity contribution in [2.75, 3.05) is 13.2 Å². The summed E-state index contributed by atoms with van der Waals surface area (Å²) in [5, 5.41) is 9.57. The van der Waals surface area contributed by atoms with Crippen molar-refractivity contribution in [3.05, 3.63) is 60.8 Å². The van der Waals surface area contributed by atoms with E-state index in [1.54, 1.807) is 0 Å². The second-order valence-corrected chi connectivity index (χ2v) is 13.7. The Morgan fingerprint density at radius 1 is 0.480 bits per heavy atom. The molecule has 0 aliphatic carbocycles. The Hall–Kier alpha value is -2.40. The molecule has 0 aliphatic rings. The zero-order valence-corrected chi connectivity index (χ0v) is 32.6. The van der Waals surface area contributed by atoms with Crippen LogP contribution in [0.3, 0.4) is 0 Å². The number of aliphatic hydroxyl groups excluding tert-OH is 1. The molecular weight excluding hydrogens is 620 g/mol. The number of hydrogen-bond donors (Lipinski definition) is 1. The summed E-state index contributed by atoms with van der Waals surface area (Å²) in [4.78, 5) is 24.3. The minimum absolute atomic E-state index is 0.0832. The van der Waals surface area contributed by atoms with E-state index in [0.717, 1.165) is 77.0 Å². The summed E-state index contributed by atoms with van der Waals surface area (Å²) >= 11 is 0. The molecule has 1 N–H and O–H groups in total. The minimum atomic E-state index is -0.785. The molecule has 0 amide bonds. The highest BCUT2D eigenvalue weighted by molar-refractivity contribution is 5.70. The van der Waals surface area contributed by atoms with Crippen molar-refractivity contribution in [3.63, 3.8) is 0 Å². The van der Waals surface area contributed by atoms with E-state index in [0.29, 0.717) is 12.8 Å². The summed E-state index contributed by atoms with van der Waals surface area (Å²) in [7, 11) is 0. The largest absolute Gasteiger partial charge is 0.462 e. The van der Waals surface area contributed by atoms with Gasteiger partial charge in [0.25, 0.3) is 0 Å². The lowest BCUT2D eigenvalue weighted by molar-refractivity contribution is -0.161. The van der Waals surface area contributed by atoms with Gasteiger partial charge in [-0.25, -0.2) is 0 Å². The molecule has 0 saturated carbocycles. The molecule has 288 valence electrons. The minimum Gasteiger partial charge on any atom is -0.462 e. The van der Waals surface area contributed by atoms with Crippen molar-refractivity contribution in [3.8, 4) is 0 Å². The van der Waals surface area contributed by atoms with E-state index < -0.39 is 6.10 Å². The fourth-order valence-corrected chi connectivity index (χ4v) is 5.70. The Morgan fingerprint density at radius 3 is 1.30 bits per heavy atom. The van der Waals surface area contributed by atoms with Crippen molar-refractivity contribution in [1.29, 1.82) is 0 Å². The molecule has 0 spiro atoms. The fraction of sp³-hybridized carbons (Fsp3) is 0.733. The number of aliphatic hydroxyl groups is 1. The van der Waals surface area contributed by atoms with E-state index in [-0.39, 0.29) is 25.2 Å². The molecule has 50 heavy (non-hydrogen) atoms. The Kier molecular flexibility index (Phi) is 39.1. The predicted octanol–water partition coefficient (Wildman–Crippen LogP) is 13.2. The molecular formula is C45H78O5. The van der Waals surface area contributed by atoms with Crippen LogP contribution in [0.5, 0.6) is 0 Å². The van der Waals surface area contributed by atoms with Crippen LogP contribution >= 0.6 is 0 Å². The van der Waals surface area contributed by atoms with Gasteiger partial charge < -0.3 is 14.6 Å². The van der Waals surface area contributed by atoms with Gasteiger partial charge in [-0.2, -0.15) is 0 Å². The first kappa shape index (κ1) is 47.6. The van der Waals surface area contributed by atoms with Gasteiger partial charge in [-0.1, -0.05) is 184 Å². The maximum atomic E-state index is 12.2. The quantitative estimate of drug-likeness (QED) is 0.0397. The maximum absolute atomic E-state index is 12.2. The van der Waals surface area contributed by atoms with Gasteiger partial charge in [0, 0.05) is 12.8 Å². The molecule has 0 aliphatic heterocycles. The number of esters is 2. The second-order valence-electron chi connectivity index (χ2n) is 13.7. The summed E-state index contributed by atoms with van der Waals surface area (Å²) in [6, 6.07) is 0. The zero-order chi connectivity index (χ0) is 36.4. The van der Waals surface area contributed by atoms with Gasteiger partial charge in [0.05, 0.1) is 6.61 Å². The van der Waals surface area contributed by atoms with Crippen LogP contribution in [0, 0.1) is 0 Å². The van der Waals surface area contributed by atoms with Crippen molar-refractivity contribution < 1.29 is 24.2 Å². The van der Waals surface area contributed by atoms with E-state index in [1.807, 2.05) is 0 Å². The lowest BCUT2D eigenvalue weighted by Crippen LogP contribution is -2.28. The zero-order valence-electron chi connectivity index (χ0n) is 32.6. The smallest absolute Gasteiger partial charge is 0.306 e. The Morgan fingerprint density at radius 2 is 0.860 bits per heavy atom. The Labute approximate surface area is 309 Å². The number of rotatable bonds is 37.